The molecule has 0 saturated carbocycles. The zero-order valence-electron chi connectivity index (χ0n) is 8.58. The molecule has 2 aromatic heterocycles. The number of nitrogens with one attached hydrogen (secondary N) is 1. The second kappa shape index (κ2) is 4.67. The minimum Gasteiger partial charge on any atom is -0.375 e. The number of aromatic nitrogens is 3. The summed E-state index contributed by atoms with van der Waals surface area (Å²) in [5.41, 5.74) is 9.76. The number of anilines is 2. The second-order valence-electron chi connectivity index (χ2n) is 2.95. The van der Waals surface area contributed by atoms with Crippen molar-refractivity contribution in [1.82, 2.24) is 15.0 Å². The molecule has 6 nitrogen and oxygen atoms in total. The quantitative estimate of drug-likeness (QED) is 0.618. The molecule has 0 radical (unpaired) electrons. The summed E-state index contributed by atoms with van der Waals surface area (Å²) in [6, 6.07) is 1.74. The van der Waals surface area contributed by atoms with E-state index in [0.717, 1.165) is 11.4 Å². The maximum atomic E-state index is 5.53. The maximum absolute atomic E-state index is 5.53. The standard InChI is InChI=1S/C9H10N6S/c1-6(7-5-16-8(10)13-7)14-15-9-11-3-2-4-12-9/h2-5H,1H3,(H2,10,13)(H,11,12,15). The highest BCUT2D eigenvalue weighted by molar-refractivity contribution is 7.13. The summed E-state index contributed by atoms with van der Waals surface area (Å²) in [5, 5.41) is 6.49. The predicted octanol–water partition coefficient (Wildman–Crippen LogP) is 1.35. The van der Waals surface area contributed by atoms with Gasteiger partial charge < -0.3 is 5.73 Å². The van der Waals surface area contributed by atoms with Crippen LogP contribution >= 0.6 is 11.3 Å². The molecule has 0 amide bonds. The molecule has 0 spiro atoms. The van der Waals surface area contributed by atoms with Crippen molar-refractivity contribution in [2.24, 2.45) is 5.10 Å². The summed E-state index contributed by atoms with van der Waals surface area (Å²) in [5.74, 6) is 0.449. The minimum atomic E-state index is 0.449. The van der Waals surface area contributed by atoms with Crippen molar-refractivity contribution in [3.8, 4) is 0 Å². The average molecular weight is 234 g/mol. The van der Waals surface area contributed by atoms with Gasteiger partial charge in [0, 0.05) is 17.8 Å². The molecule has 2 aromatic rings. The Morgan fingerprint density at radius 1 is 1.44 bits per heavy atom. The maximum Gasteiger partial charge on any atom is 0.243 e. The van der Waals surface area contributed by atoms with Crippen molar-refractivity contribution in [2.75, 3.05) is 11.2 Å². The highest BCUT2D eigenvalue weighted by Crippen LogP contribution is 2.11. The molecule has 0 bridgehead atoms. The van der Waals surface area contributed by atoms with Crippen LogP contribution in [0.3, 0.4) is 0 Å². The van der Waals surface area contributed by atoms with Crippen molar-refractivity contribution in [3.05, 3.63) is 29.5 Å². The van der Waals surface area contributed by atoms with Crippen molar-refractivity contribution in [1.29, 1.82) is 0 Å². The lowest BCUT2D eigenvalue weighted by atomic mass is 10.3. The Balaban J connectivity index is 2.08. The Bertz CT molecular complexity index is 492. The number of nitrogens with two attached hydrogens (primary N) is 1. The Hall–Kier alpha value is -2.02. The number of nitrogen functional groups attached to an aromatic ring is 1. The molecule has 0 atom stereocenters. The van der Waals surface area contributed by atoms with E-state index >= 15 is 0 Å². The van der Waals surface area contributed by atoms with E-state index in [2.05, 4.69) is 25.5 Å². The molecule has 82 valence electrons. The van der Waals surface area contributed by atoms with Gasteiger partial charge in [-0.15, -0.1) is 11.3 Å². The number of hydrazone groups is 1. The fourth-order valence-electron chi connectivity index (χ4n) is 1.00. The molecule has 0 aromatic carbocycles. The van der Waals surface area contributed by atoms with E-state index in [4.69, 9.17) is 5.73 Å². The molecule has 0 aliphatic rings. The summed E-state index contributed by atoms with van der Waals surface area (Å²) < 4.78 is 0. The highest BCUT2D eigenvalue weighted by atomic mass is 32.1. The third kappa shape index (κ3) is 2.51. The van der Waals surface area contributed by atoms with Gasteiger partial charge in [0.2, 0.25) is 5.95 Å². The third-order valence-electron chi connectivity index (χ3n) is 1.78. The van der Waals surface area contributed by atoms with Crippen LogP contribution in [0.15, 0.2) is 28.9 Å². The molecular weight excluding hydrogens is 224 g/mol. The molecule has 2 rings (SSSR count). The molecular formula is C9H10N6S. The van der Waals surface area contributed by atoms with Crippen LogP contribution in [0.2, 0.25) is 0 Å². The molecule has 0 unspecified atom stereocenters. The highest BCUT2D eigenvalue weighted by Gasteiger charge is 2.02. The monoisotopic (exact) mass is 234 g/mol. The molecule has 3 N–H and O–H groups in total. The average Bonchev–Trinajstić information content (AvgIpc) is 2.74. The van der Waals surface area contributed by atoms with E-state index in [1.807, 2.05) is 12.3 Å². The van der Waals surface area contributed by atoms with Crippen LogP contribution in [0.25, 0.3) is 0 Å². The number of nitrogens with zero attached hydrogens (tertiary/aromatic N) is 4. The molecule has 7 heteroatoms. The summed E-state index contributed by atoms with van der Waals surface area (Å²) >= 11 is 1.38. The van der Waals surface area contributed by atoms with Crippen molar-refractivity contribution >= 4 is 28.1 Å². The first-order valence-corrected chi connectivity index (χ1v) is 5.42. The Kier molecular flexibility index (Phi) is 3.06. The fraction of sp³-hybridized carbons (Fsp3) is 0.111. The zero-order valence-corrected chi connectivity index (χ0v) is 9.40. The lowest BCUT2D eigenvalue weighted by molar-refractivity contribution is 1.11. The molecule has 2 heterocycles. The summed E-state index contributed by atoms with van der Waals surface area (Å²) in [6.45, 7) is 1.84. The van der Waals surface area contributed by atoms with Crippen molar-refractivity contribution in [2.45, 2.75) is 6.92 Å². The molecule has 0 aliphatic heterocycles. The Labute approximate surface area is 96.3 Å². The first-order chi connectivity index (χ1) is 7.75. The number of rotatable bonds is 3. The minimum absolute atomic E-state index is 0.449. The van der Waals surface area contributed by atoms with Gasteiger partial charge in [0.1, 0.15) is 0 Å². The van der Waals surface area contributed by atoms with E-state index in [-0.39, 0.29) is 0 Å². The first kappa shape index (κ1) is 10.5. The van der Waals surface area contributed by atoms with Gasteiger partial charge in [0.15, 0.2) is 5.13 Å². The molecule has 0 fully saturated rings. The van der Waals surface area contributed by atoms with Gasteiger partial charge >= 0.3 is 0 Å². The lowest BCUT2D eigenvalue weighted by Gasteiger charge is -1.98. The van der Waals surface area contributed by atoms with Crippen LogP contribution in [0.5, 0.6) is 0 Å². The SMILES string of the molecule is CC(=NNc1ncccn1)c1csc(N)n1. The van der Waals surface area contributed by atoms with Crippen LogP contribution < -0.4 is 11.2 Å². The summed E-state index contributed by atoms with van der Waals surface area (Å²) in [7, 11) is 0. The van der Waals surface area contributed by atoms with Gasteiger partial charge in [0.25, 0.3) is 0 Å². The number of hydrogen-bond donors (Lipinski definition) is 2. The van der Waals surface area contributed by atoms with Gasteiger partial charge in [-0.2, -0.15) is 5.10 Å². The van der Waals surface area contributed by atoms with Gasteiger partial charge in [0.05, 0.1) is 11.4 Å². The van der Waals surface area contributed by atoms with Crippen LogP contribution in [0.1, 0.15) is 12.6 Å². The van der Waals surface area contributed by atoms with Crippen LogP contribution in [0, 0.1) is 0 Å². The summed E-state index contributed by atoms with van der Waals surface area (Å²) in [6.07, 6.45) is 3.28. The van der Waals surface area contributed by atoms with Gasteiger partial charge in [-0.05, 0) is 13.0 Å². The number of thiazole rings is 1. The first-order valence-electron chi connectivity index (χ1n) is 4.54. The Morgan fingerprint density at radius 3 is 2.81 bits per heavy atom. The topological polar surface area (TPSA) is 89.1 Å². The van der Waals surface area contributed by atoms with Crippen LogP contribution in [0.4, 0.5) is 11.1 Å². The lowest BCUT2D eigenvalue weighted by Crippen LogP contribution is -2.02. The van der Waals surface area contributed by atoms with Gasteiger partial charge in [-0.1, -0.05) is 0 Å². The smallest absolute Gasteiger partial charge is 0.243 e. The zero-order chi connectivity index (χ0) is 11.4. The number of hydrogen-bond acceptors (Lipinski definition) is 7. The van der Waals surface area contributed by atoms with Crippen LogP contribution in [-0.2, 0) is 0 Å². The third-order valence-corrected chi connectivity index (χ3v) is 2.46. The molecule has 16 heavy (non-hydrogen) atoms. The Morgan fingerprint density at radius 2 is 2.19 bits per heavy atom. The fourth-order valence-corrected chi connectivity index (χ4v) is 1.61. The molecule has 0 aliphatic carbocycles. The van der Waals surface area contributed by atoms with E-state index in [1.54, 1.807) is 18.5 Å². The van der Waals surface area contributed by atoms with Crippen LogP contribution in [-0.4, -0.2) is 20.7 Å². The van der Waals surface area contributed by atoms with Gasteiger partial charge in [-0.3, -0.25) is 0 Å². The van der Waals surface area contributed by atoms with E-state index in [1.165, 1.54) is 11.3 Å². The predicted molar refractivity (Wildman–Crippen MR) is 64.4 cm³/mol. The van der Waals surface area contributed by atoms with Crippen molar-refractivity contribution < 1.29 is 0 Å². The normalized spacial score (nSPS) is 11.4. The van der Waals surface area contributed by atoms with E-state index < -0.39 is 0 Å². The largest absolute Gasteiger partial charge is 0.375 e. The molecule has 0 saturated heterocycles. The summed E-state index contributed by atoms with van der Waals surface area (Å²) in [4.78, 5) is 12.1. The van der Waals surface area contributed by atoms with Crippen molar-refractivity contribution in [3.63, 3.8) is 0 Å². The second-order valence-corrected chi connectivity index (χ2v) is 3.84. The van der Waals surface area contributed by atoms with E-state index in [0.29, 0.717) is 11.1 Å². The van der Waals surface area contributed by atoms with Gasteiger partial charge in [-0.25, -0.2) is 20.4 Å². The van der Waals surface area contributed by atoms with E-state index in [9.17, 15) is 0 Å².